The van der Waals surface area contributed by atoms with Gasteiger partial charge in [-0.2, -0.15) is 0 Å². The van der Waals surface area contributed by atoms with Gasteiger partial charge in [-0.25, -0.2) is 0 Å². The smallest absolute Gasteiger partial charge is 0.317 e. The van der Waals surface area contributed by atoms with E-state index in [1.165, 1.54) is 64.2 Å². The number of aliphatic carboxylic acids is 1. The molecule has 4 rings (SSSR count). The number of carboxylic acid groups (broad SMARTS) is 1. The molecule has 2 N–H and O–H groups in total. The highest BCUT2D eigenvalue weighted by Gasteiger charge is 2.38. The summed E-state index contributed by atoms with van der Waals surface area (Å²) >= 11 is 0. The summed E-state index contributed by atoms with van der Waals surface area (Å²) < 4.78 is 6.28. The Morgan fingerprint density at radius 2 is 1.58 bits per heavy atom. The lowest BCUT2D eigenvalue weighted by molar-refractivity contribution is -0.139. The molecular weight excluding hydrogens is 328 g/mol. The molecular formula is C21H36N2O3. The van der Waals surface area contributed by atoms with Crippen LogP contribution in [0.4, 0.5) is 0 Å². The topological polar surface area (TPSA) is 61.8 Å². The van der Waals surface area contributed by atoms with E-state index < -0.39 is 5.97 Å². The van der Waals surface area contributed by atoms with Crippen molar-refractivity contribution in [3.05, 3.63) is 0 Å². The maximum Gasteiger partial charge on any atom is 0.317 e. The van der Waals surface area contributed by atoms with Gasteiger partial charge >= 0.3 is 5.97 Å². The summed E-state index contributed by atoms with van der Waals surface area (Å²) in [5, 5.41) is 13.0. The van der Waals surface area contributed by atoms with Gasteiger partial charge in [0.2, 0.25) is 0 Å². The van der Waals surface area contributed by atoms with E-state index in [2.05, 4.69) is 10.2 Å². The van der Waals surface area contributed by atoms with Gasteiger partial charge in [-0.05, 0) is 70.1 Å². The maximum atomic E-state index is 11.1. The van der Waals surface area contributed by atoms with Crippen LogP contribution in [-0.4, -0.2) is 59.4 Å². The highest BCUT2D eigenvalue weighted by atomic mass is 16.5. The van der Waals surface area contributed by atoms with Gasteiger partial charge in [-0.1, -0.05) is 12.8 Å². The van der Waals surface area contributed by atoms with E-state index in [9.17, 15) is 9.90 Å². The first-order valence-electron chi connectivity index (χ1n) is 11.0. The number of carbonyl (C=O) groups is 1. The molecule has 0 atom stereocenters. The molecule has 0 aromatic heterocycles. The van der Waals surface area contributed by atoms with Crippen molar-refractivity contribution >= 4 is 5.97 Å². The van der Waals surface area contributed by atoms with Crippen LogP contribution >= 0.6 is 0 Å². The van der Waals surface area contributed by atoms with E-state index in [1.807, 2.05) is 0 Å². The molecule has 0 aliphatic heterocycles. The van der Waals surface area contributed by atoms with Crippen molar-refractivity contribution in [2.45, 2.75) is 107 Å². The van der Waals surface area contributed by atoms with Gasteiger partial charge < -0.3 is 15.2 Å². The first-order chi connectivity index (χ1) is 12.7. The molecule has 0 unspecified atom stereocenters. The zero-order chi connectivity index (χ0) is 17.9. The fourth-order valence-corrected chi connectivity index (χ4v) is 5.17. The fraction of sp³-hybridized carbons (Fsp3) is 0.952. The third kappa shape index (κ3) is 5.20. The van der Waals surface area contributed by atoms with Crippen molar-refractivity contribution in [3.8, 4) is 0 Å². The Kier molecular flexibility index (Phi) is 6.17. The molecule has 4 saturated carbocycles. The SMILES string of the molecule is O=C(O)CN(CC1CC1)C1CC(NC2CCC(OC3CCCC3)CC2)C1. The number of ether oxygens (including phenoxy) is 1. The molecule has 5 nitrogen and oxygen atoms in total. The second kappa shape index (κ2) is 8.57. The van der Waals surface area contributed by atoms with Crippen LogP contribution in [0.1, 0.15) is 77.0 Å². The minimum Gasteiger partial charge on any atom is -0.480 e. The molecule has 0 heterocycles. The van der Waals surface area contributed by atoms with Gasteiger partial charge in [0.1, 0.15) is 0 Å². The third-order valence-corrected chi connectivity index (χ3v) is 6.99. The van der Waals surface area contributed by atoms with Gasteiger partial charge in [0.25, 0.3) is 0 Å². The van der Waals surface area contributed by atoms with Crippen LogP contribution in [0.2, 0.25) is 0 Å². The predicted molar refractivity (Wildman–Crippen MR) is 101 cm³/mol. The number of hydrogen-bond donors (Lipinski definition) is 2. The van der Waals surface area contributed by atoms with Crippen molar-refractivity contribution in [3.63, 3.8) is 0 Å². The van der Waals surface area contributed by atoms with E-state index in [0.717, 1.165) is 25.3 Å². The molecule has 0 spiro atoms. The molecule has 0 bridgehead atoms. The minimum absolute atomic E-state index is 0.220. The number of nitrogens with zero attached hydrogens (tertiary/aromatic N) is 1. The fourth-order valence-electron chi connectivity index (χ4n) is 5.17. The van der Waals surface area contributed by atoms with Crippen LogP contribution in [0.15, 0.2) is 0 Å². The van der Waals surface area contributed by atoms with Crippen LogP contribution < -0.4 is 5.32 Å². The summed E-state index contributed by atoms with van der Waals surface area (Å²) in [7, 11) is 0. The Bertz CT molecular complexity index is 462. The summed E-state index contributed by atoms with van der Waals surface area (Å²) in [4.78, 5) is 13.4. The van der Waals surface area contributed by atoms with Crippen molar-refractivity contribution in [2.75, 3.05) is 13.1 Å². The van der Waals surface area contributed by atoms with Crippen molar-refractivity contribution in [1.82, 2.24) is 10.2 Å². The lowest BCUT2D eigenvalue weighted by Crippen LogP contribution is -2.56. The van der Waals surface area contributed by atoms with Gasteiger partial charge in [0.15, 0.2) is 0 Å². The normalized spacial score (nSPS) is 35.6. The lowest BCUT2D eigenvalue weighted by Gasteiger charge is -2.45. The molecule has 4 aliphatic carbocycles. The Morgan fingerprint density at radius 3 is 2.19 bits per heavy atom. The Balaban J connectivity index is 1.13. The Morgan fingerprint density at radius 1 is 0.923 bits per heavy atom. The summed E-state index contributed by atoms with van der Waals surface area (Å²) in [6.07, 6.45) is 16.0. The minimum atomic E-state index is -0.678. The highest BCUT2D eigenvalue weighted by Crippen LogP contribution is 2.35. The van der Waals surface area contributed by atoms with E-state index in [4.69, 9.17) is 4.74 Å². The second-order valence-electron chi connectivity index (χ2n) is 9.27. The molecule has 26 heavy (non-hydrogen) atoms. The van der Waals surface area contributed by atoms with Crippen LogP contribution in [0.3, 0.4) is 0 Å². The molecule has 0 aromatic carbocycles. The average molecular weight is 365 g/mol. The van der Waals surface area contributed by atoms with Crippen LogP contribution in [-0.2, 0) is 9.53 Å². The van der Waals surface area contributed by atoms with Gasteiger partial charge in [-0.15, -0.1) is 0 Å². The van der Waals surface area contributed by atoms with Crippen molar-refractivity contribution in [2.24, 2.45) is 5.92 Å². The van der Waals surface area contributed by atoms with Crippen LogP contribution in [0, 0.1) is 5.92 Å². The molecule has 0 saturated heterocycles. The second-order valence-corrected chi connectivity index (χ2v) is 9.27. The van der Waals surface area contributed by atoms with Crippen LogP contribution in [0.25, 0.3) is 0 Å². The highest BCUT2D eigenvalue weighted by molar-refractivity contribution is 5.69. The number of hydrogen-bond acceptors (Lipinski definition) is 4. The molecule has 5 heteroatoms. The molecule has 4 aliphatic rings. The molecule has 0 radical (unpaired) electrons. The van der Waals surface area contributed by atoms with E-state index in [1.54, 1.807) is 0 Å². The molecule has 0 aromatic rings. The van der Waals surface area contributed by atoms with Crippen molar-refractivity contribution in [1.29, 1.82) is 0 Å². The summed E-state index contributed by atoms with van der Waals surface area (Å²) in [5.74, 6) is 0.0825. The summed E-state index contributed by atoms with van der Waals surface area (Å²) in [5.41, 5.74) is 0. The van der Waals surface area contributed by atoms with Crippen LogP contribution in [0.5, 0.6) is 0 Å². The first kappa shape index (κ1) is 18.7. The standard InChI is InChI=1S/C21H36N2O3/c24-21(25)14-23(13-15-5-6-15)18-11-17(12-18)22-16-7-9-20(10-8-16)26-19-3-1-2-4-19/h15-20,22H,1-14H2,(H,24,25). The third-order valence-electron chi connectivity index (χ3n) is 6.99. The number of nitrogens with one attached hydrogen (secondary N) is 1. The van der Waals surface area contributed by atoms with E-state index in [0.29, 0.717) is 30.3 Å². The maximum absolute atomic E-state index is 11.1. The quantitative estimate of drug-likeness (QED) is 0.658. The average Bonchev–Trinajstić information content (AvgIpc) is 3.24. The van der Waals surface area contributed by atoms with Crippen molar-refractivity contribution < 1.29 is 14.6 Å². The van der Waals surface area contributed by atoms with Gasteiger partial charge in [0, 0.05) is 24.7 Å². The summed E-state index contributed by atoms with van der Waals surface area (Å²) in [6, 6.07) is 1.71. The van der Waals surface area contributed by atoms with E-state index in [-0.39, 0.29) is 6.54 Å². The Labute approximate surface area is 157 Å². The van der Waals surface area contributed by atoms with E-state index >= 15 is 0 Å². The first-order valence-corrected chi connectivity index (χ1v) is 11.0. The molecule has 148 valence electrons. The largest absolute Gasteiger partial charge is 0.480 e. The van der Waals surface area contributed by atoms with Gasteiger partial charge in [0.05, 0.1) is 18.8 Å². The molecule has 4 fully saturated rings. The zero-order valence-electron chi connectivity index (χ0n) is 16.1. The summed E-state index contributed by atoms with van der Waals surface area (Å²) in [6.45, 7) is 1.21. The Hall–Kier alpha value is -0.650. The number of rotatable bonds is 9. The lowest BCUT2D eigenvalue weighted by atomic mass is 9.83. The zero-order valence-corrected chi connectivity index (χ0v) is 16.1. The predicted octanol–water partition coefficient (Wildman–Crippen LogP) is 3.17. The number of carboxylic acids is 1. The molecule has 0 amide bonds. The van der Waals surface area contributed by atoms with Gasteiger partial charge in [-0.3, -0.25) is 9.69 Å². The monoisotopic (exact) mass is 364 g/mol.